The van der Waals surface area contributed by atoms with Crippen molar-refractivity contribution >= 4 is 34.8 Å². The van der Waals surface area contributed by atoms with Crippen LogP contribution >= 0.6 is 23.2 Å². The predicted molar refractivity (Wildman–Crippen MR) is 87.9 cm³/mol. The van der Waals surface area contributed by atoms with Crippen LogP contribution in [0.3, 0.4) is 0 Å². The van der Waals surface area contributed by atoms with Gasteiger partial charge in [-0.05, 0) is 18.2 Å². The number of morpholine rings is 1. The number of amides is 1. The summed E-state index contributed by atoms with van der Waals surface area (Å²) >= 11 is 12.0. The standard InChI is InChI=1S/C15H19Cl2N3O2/c16-13-2-1-11(7-14(13)17)20-5-3-19(4-6-20)9-12-8-18-15(21)10-22-12/h1-2,7,12H,3-6,8-10H2,(H,18,21). The second-order valence-electron chi connectivity index (χ2n) is 5.62. The van der Waals surface area contributed by atoms with Crippen molar-refractivity contribution in [2.75, 3.05) is 50.8 Å². The van der Waals surface area contributed by atoms with Gasteiger partial charge in [-0.1, -0.05) is 23.2 Å². The summed E-state index contributed by atoms with van der Waals surface area (Å²) in [6.45, 7) is 5.45. The van der Waals surface area contributed by atoms with Crippen LogP contribution in [0.1, 0.15) is 0 Å². The van der Waals surface area contributed by atoms with Crippen molar-refractivity contribution in [1.82, 2.24) is 10.2 Å². The van der Waals surface area contributed by atoms with Crippen LogP contribution in [0.2, 0.25) is 10.0 Å². The molecule has 1 aromatic rings. The van der Waals surface area contributed by atoms with Crippen molar-refractivity contribution < 1.29 is 9.53 Å². The number of hydrogen-bond acceptors (Lipinski definition) is 4. The minimum Gasteiger partial charge on any atom is -0.369 e. The first-order valence-corrected chi connectivity index (χ1v) is 8.18. The molecule has 2 fully saturated rings. The van der Waals surface area contributed by atoms with E-state index in [-0.39, 0.29) is 18.6 Å². The third-order valence-corrected chi connectivity index (χ3v) is 4.82. The van der Waals surface area contributed by atoms with E-state index in [9.17, 15) is 4.79 Å². The summed E-state index contributed by atoms with van der Waals surface area (Å²) in [6.07, 6.45) is 0.0919. The number of benzene rings is 1. The molecule has 1 aromatic carbocycles. The average Bonchev–Trinajstić information content (AvgIpc) is 2.53. The monoisotopic (exact) mass is 343 g/mol. The Morgan fingerprint density at radius 3 is 2.59 bits per heavy atom. The quantitative estimate of drug-likeness (QED) is 0.905. The normalized spacial score (nSPS) is 23.5. The fraction of sp³-hybridized carbons (Fsp3) is 0.533. The average molecular weight is 344 g/mol. The van der Waals surface area contributed by atoms with Crippen LogP contribution < -0.4 is 10.2 Å². The molecule has 1 N–H and O–H groups in total. The molecular formula is C15H19Cl2N3O2. The van der Waals surface area contributed by atoms with Gasteiger partial charge in [-0.15, -0.1) is 0 Å². The SMILES string of the molecule is O=C1COC(CN2CCN(c3ccc(Cl)c(Cl)c3)CC2)CN1. The maximum atomic E-state index is 11.1. The predicted octanol–water partition coefficient (Wildman–Crippen LogP) is 1.63. The van der Waals surface area contributed by atoms with Crippen LogP contribution in [0.5, 0.6) is 0 Å². The van der Waals surface area contributed by atoms with Gasteiger partial charge in [-0.2, -0.15) is 0 Å². The number of nitrogens with one attached hydrogen (secondary N) is 1. The molecule has 22 heavy (non-hydrogen) atoms. The van der Waals surface area contributed by atoms with E-state index in [0.29, 0.717) is 16.6 Å². The van der Waals surface area contributed by atoms with Gasteiger partial charge in [0.05, 0.1) is 16.1 Å². The summed E-state index contributed by atoms with van der Waals surface area (Å²) in [4.78, 5) is 15.8. The molecule has 120 valence electrons. The lowest BCUT2D eigenvalue weighted by Crippen LogP contribution is -2.52. The molecule has 0 saturated carbocycles. The Bertz CT molecular complexity index is 538. The Morgan fingerprint density at radius 2 is 1.95 bits per heavy atom. The fourth-order valence-corrected chi connectivity index (χ4v) is 3.10. The van der Waals surface area contributed by atoms with Gasteiger partial charge in [0.1, 0.15) is 6.61 Å². The summed E-state index contributed by atoms with van der Waals surface area (Å²) in [5.41, 5.74) is 1.11. The molecule has 2 aliphatic heterocycles. The number of anilines is 1. The zero-order valence-corrected chi connectivity index (χ0v) is 13.7. The Morgan fingerprint density at radius 1 is 1.18 bits per heavy atom. The lowest BCUT2D eigenvalue weighted by Gasteiger charge is -2.38. The summed E-state index contributed by atoms with van der Waals surface area (Å²) in [7, 11) is 0. The molecule has 0 spiro atoms. The van der Waals surface area contributed by atoms with E-state index in [4.69, 9.17) is 27.9 Å². The van der Waals surface area contributed by atoms with E-state index in [1.807, 2.05) is 18.2 Å². The van der Waals surface area contributed by atoms with Gasteiger partial charge in [-0.25, -0.2) is 0 Å². The van der Waals surface area contributed by atoms with Crippen LogP contribution in [-0.2, 0) is 9.53 Å². The molecule has 0 aliphatic carbocycles. The van der Waals surface area contributed by atoms with Gasteiger partial charge in [0.15, 0.2) is 0 Å². The molecule has 2 heterocycles. The highest BCUT2D eigenvalue weighted by Crippen LogP contribution is 2.27. The van der Waals surface area contributed by atoms with Crippen LogP contribution in [0, 0.1) is 0 Å². The number of hydrogen-bond donors (Lipinski definition) is 1. The topological polar surface area (TPSA) is 44.8 Å². The molecule has 1 unspecified atom stereocenters. The maximum absolute atomic E-state index is 11.1. The highest BCUT2D eigenvalue weighted by atomic mass is 35.5. The lowest BCUT2D eigenvalue weighted by atomic mass is 10.2. The molecule has 5 nitrogen and oxygen atoms in total. The lowest BCUT2D eigenvalue weighted by molar-refractivity contribution is -0.133. The first-order chi connectivity index (χ1) is 10.6. The zero-order chi connectivity index (χ0) is 15.5. The molecule has 2 saturated heterocycles. The van der Waals surface area contributed by atoms with Crippen molar-refractivity contribution in [2.45, 2.75) is 6.10 Å². The van der Waals surface area contributed by atoms with Crippen molar-refractivity contribution in [2.24, 2.45) is 0 Å². The maximum Gasteiger partial charge on any atom is 0.246 e. The highest BCUT2D eigenvalue weighted by Gasteiger charge is 2.24. The number of nitrogens with zero attached hydrogens (tertiary/aromatic N) is 2. The van der Waals surface area contributed by atoms with E-state index >= 15 is 0 Å². The van der Waals surface area contributed by atoms with Crippen LogP contribution in [0.25, 0.3) is 0 Å². The summed E-state index contributed by atoms with van der Waals surface area (Å²) in [5, 5.41) is 4.01. The summed E-state index contributed by atoms with van der Waals surface area (Å²) in [5.74, 6) is -0.0271. The minimum absolute atomic E-state index is 0.0271. The Labute approximate surface area is 140 Å². The van der Waals surface area contributed by atoms with Crippen LogP contribution in [0.4, 0.5) is 5.69 Å². The fourth-order valence-electron chi connectivity index (χ4n) is 2.81. The van der Waals surface area contributed by atoms with E-state index in [2.05, 4.69) is 15.1 Å². The summed E-state index contributed by atoms with van der Waals surface area (Å²) < 4.78 is 5.53. The highest BCUT2D eigenvalue weighted by molar-refractivity contribution is 6.42. The first-order valence-electron chi connectivity index (χ1n) is 7.42. The zero-order valence-electron chi connectivity index (χ0n) is 12.2. The van der Waals surface area contributed by atoms with E-state index in [0.717, 1.165) is 38.4 Å². The van der Waals surface area contributed by atoms with Gasteiger partial charge in [0, 0.05) is 45.0 Å². The van der Waals surface area contributed by atoms with Gasteiger partial charge in [-0.3, -0.25) is 9.69 Å². The largest absolute Gasteiger partial charge is 0.369 e. The molecule has 7 heteroatoms. The molecule has 3 rings (SSSR count). The van der Waals surface area contributed by atoms with Gasteiger partial charge >= 0.3 is 0 Å². The van der Waals surface area contributed by atoms with Gasteiger partial charge in [0.25, 0.3) is 0 Å². The molecule has 0 radical (unpaired) electrons. The number of carbonyl (C=O) groups is 1. The van der Waals surface area contributed by atoms with Crippen molar-refractivity contribution in [1.29, 1.82) is 0 Å². The molecule has 2 aliphatic rings. The number of halogens is 2. The van der Waals surface area contributed by atoms with E-state index < -0.39 is 0 Å². The van der Waals surface area contributed by atoms with Gasteiger partial charge in [0.2, 0.25) is 5.91 Å². The number of piperazine rings is 1. The van der Waals surface area contributed by atoms with E-state index in [1.165, 1.54) is 0 Å². The third-order valence-electron chi connectivity index (χ3n) is 4.08. The number of rotatable bonds is 3. The second-order valence-corrected chi connectivity index (χ2v) is 6.44. The molecular weight excluding hydrogens is 325 g/mol. The van der Waals surface area contributed by atoms with Gasteiger partial charge < -0.3 is 15.0 Å². The van der Waals surface area contributed by atoms with E-state index in [1.54, 1.807) is 0 Å². The van der Waals surface area contributed by atoms with Crippen molar-refractivity contribution in [3.63, 3.8) is 0 Å². The molecule has 0 bridgehead atoms. The minimum atomic E-state index is -0.0271. The molecule has 0 aromatic heterocycles. The smallest absolute Gasteiger partial charge is 0.246 e. The Balaban J connectivity index is 1.49. The first kappa shape index (κ1) is 15.9. The number of ether oxygens (including phenoxy) is 1. The Kier molecular flexibility index (Phi) is 5.08. The van der Waals surface area contributed by atoms with Crippen molar-refractivity contribution in [3.05, 3.63) is 28.2 Å². The molecule has 1 atom stereocenters. The van der Waals surface area contributed by atoms with Crippen molar-refractivity contribution in [3.8, 4) is 0 Å². The molecule has 1 amide bonds. The number of carbonyl (C=O) groups excluding carboxylic acids is 1. The van der Waals surface area contributed by atoms with Crippen LogP contribution in [-0.4, -0.2) is 62.8 Å². The third kappa shape index (κ3) is 3.84. The van der Waals surface area contributed by atoms with Crippen LogP contribution in [0.15, 0.2) is 18.2 Å². The summed E-state index contributed by atoms with van der Waals surface area (Å²) in [6, 6.07) is 5.76. The second kappa shape index (κ2) is 7.04. The Hall–Kier alpha value is -1.01.